The number of hydrogen-bond acceptors (Lipinski definition) is 8. The van der Waals surface area contributed by atoms with E-state index in [4.69, 9.17) is 19.3 Å². The fraction of sp³-hybridized carbons (Fsp3) is 0.800. The lowest BCUT2D eigenvalue weighted by atomic mass is 9.88. The molecule has 134 valence electrons. The second kappa shape index (κ2) is 11.0. The van der Waals surface area contributed by atoms with Gasteiger partial charge in [0, 0.05) is 20.4 Å². The first kappa shape index (κ1) is 21.3. The van der Waals surface area contributed by atoms with Crippen LogP contribution in [-0.2, 0) is 28.6 Å². The van der Waals surface area contributed by atoms with Gasteiger partial charge >= 0.3 is 17.9 Å². The third-order valence-corrected chi connectivity index (χ3v) is 3.39. The Hall–Kier alpha value is -1.67. The van der Waals surface area contributed by atoms with Crippen LogP contribution in [0.1, 0.15) is 33.6 Å². The Morgan fingerprint density at radius 3 is 1.87 bits per heavy atom. The van der Waals surface area contributed by atoms with E-state index < -0.39 is 23.3 Å². The van der Waals surface area contributed by atoms with Gasteiger partial charge in [-0.15, -0.1) is 0 Å². The highest BCUT2D eigenvalue weighted by atomic mass is 16.6. The molecule has 0 aliphatic heterocycles. The van der Waals surface area contributed by atoms with E-state index in [9.17, 15) is 14.4 Å². The SMILES string of the molecule is CCC(COC(C)=O)(COC(C)=O)COC(=O)CCN(C)CO. The summed E-state index contributed by atoms with van der Waals surface area (Å²) >= 11 is 0. The molecule has 0 aliphatic carbocycles. The van der Waals surface area contributed by atoms with E-state index in [0.29, 0.717) is 13.0 Å². The molecule has 8 heteroatoms. The summed E-state index contributed by atoms with van der Waals surface area (Å²) < 4.78 is 15.3. The molecule has 0 aromatic carbocycles. The monoisotopic (exact) mass is 333 g/mol. The predicted octanol–water partition coefficient (Wildman–Crippen LogP) is 0.324. The maximum atomic E-state index is 11.8. The van der Waals surface area contributed by atoms with Crippen LogP contribution in [0.3, 0.4) is 0 Å². The molecule has 0 spiro atoms. The van der Waals surface area contributed by atoms with Crippen molar-refractivity contribution in [2.24, 2.45) is 5.41 Å². The normalized spacial score (nSPS) is 11.2. The number of nitrogens with zero attached hydrogens (tertiary/aromatic N) is 1. The van der Waals surface area contributed by atoms with Gasteiger partial charge in [-0.2, -0.15) is 0 Å². The van der Waals surface area contributed by atoms with E-state index >= 15 is 0 Å². The molecule has 0 aliphatic rings. The van der Waals surface area contributed by atoms with Crippen LogP contribution < -0.4 is 0 Å². The molecule has 8 nitrogen and oxygen atoms in total. The summed E-state index contributed by atoms with van der Waals surface area (Å²) in [5.74, 6) is -1.35. The third-order valence-electron chi connectivity index (χ3n) is 3.39. The van der Waals surface area contributed by atoms with Crippen LogP contribution in [-0.4, -0.2) is 68.1 Å². The number of esters is 3. The highest BCUT2D eigenvalue weighted by Crippen LogP contribution is 2.24. The molecule has 0 bridgehead atoms. The fourth-order valence-corrected chi connectivity index (χ4v) is 1.60. The molecule has 0 heterocycles. The molecule has 0 saturated heterocycles. The zero-order valence-electron chi connectivity index (χ0n) is 14.3. The van der Waals surface area contributed by atoms with Gasteiger partial charge in [0.2, 0.25) is 0 Å². The number of aliphatic hydroxyl groups excluding tert-OH is 1. The van der Waals surface area contributed by atoms with Crippen molar-refractivity contribution in [2.75, 3.05) is 40.1 Å². The number of aliphatic hydroxyl groups is 1. The summed E-state index contributed by atoms with van der Waals surface area (Å²) in [5, 5.41) is 8.87. The van der Waals surface area contributed by atoms with Crippen LogP contribution in [0.4, 0.5) is 0 Å². The van der Waals surface area contributed by atoms with Crippen LogP contribution in [0.5, 0.6) is 0 Å². The Balaban J connectivity index is 4.61. The number of carbonyl (C=O) groups is 3. The zero-order chi connectivity index (χ0) is 17.9. The Kier molecular flexibility index (Phi) is 10.2. The predicted molar refractivity (Wildman–Crippen MR) is 81.3 cm³/mol. The minimum atomic E-state index is -0.768. The lowest BCUT2D eigenvalue weighted by Gasteiger charge is -2.30. The van der Waals surface area contributed by atoms with Crippen molar-refractivity contribution in [3.05, 3.63) is 0 Å². The molecule has 0 unspecified atom stereocenters. The topological polar surface area (TPSA) is 102 Å². The number of ether oxygens (including phenoxy) is 3. The Labute approximate surface area is 136 Å². The average molecular weight is 333 g/mol. The first-order valence-corrected chi connectivity index (χ1v) is 7.46. The Bertz CT molecular complexity index is 379. The fourth-order valence-electron chi connectivity index (χ4n) is 1.60. The van der Waals surface area contributed by atoms with Crippen molar-refractivity contribution in [3.63, 3.8) is 0 Å². The second-order valence-corrected chi connectivity index (χ2v) is 5.55. The van der Waals surface area contributed by atoms with E-state index in [0.717, 1.165) is 0 Å². The number of rotatable bonds is 11. The quantitative estimate of drug-likeness (QED) is 0.328. The number of carbonyl (C=O) groups excluding carboxylic acids is 3. The second-order valence-electron chi connectivity index (χ2n) is 5.55. The minimum Gasteiger partial charge on any atom is -0.465 e. The van der Waals surface area contributed by atoms with Crippen molar-refractivity contribution in [1.29, 1.82) is 0 Å². The lowest BCUT2D eigenvalue weighted by Crippen LogP contribution is -2.39. The van der Waals surface area contributed by atoms with Crippen LogP contribution in [0.2, 0.25) is 0 Å². The highest BCUT2D eigenvalue weighted by Gasteiger charge is 2.33. The summed E-state index contributed by atoms with van der Waals surface area (Å²) in [5.41, 5.74) is -0.768. The van der Waals surface area contributed by atoms with Gasteiger partial charge < -0.3 is 19.3 Å². The molecule has 1 N–H and O–H groups in total. The van der Waals surface area contributed by atoms with Crippen molar-refractivity contribution in [3.8, 4) is 0 Å². The summed E-state index contributed by atoms with van der Waals surface area (Å²) in [6, 6.07) is 0. The molecule has 0 amide bonds. The van der Waals surface area contributed by atoms with E-state index in [1.54, 1.807) is 11.9 Å². The maximum Gasteiger partial charge on any atom is 0.307 e. The molecule has 0 aromatic rings. The molecule has 0 radical (unpaired) electrons. The van der Waals surface area contributed by atoms with Crippen molar-refractivity contribution >= 4 is 17.9 Å². The standard InChI is InChI=1S/C15H27NO7/c1-5-15(8-21-12(2)18,9-22-13(3)19)10-23-14(20)6-7-16(4)11-17/h17H,5-11H2,1-4H3. The molecular weight excluding hydrogens is 306 g/mol. The van der Waals surface area contributed by atoms with Crippen molar-refractivity contribution in [2.45, 2.75) is 33.6 Å². The summed E-state index contributed by atoms with van der Waals surface area (Å²) in [6.07, 6.45) is 0.620. The molecule has 0 fully saturated rings. The van der Waals surface area contributed by atoms with Gasteiger partial charge in [0.05, 0.1) is 18.6 Å². The van der Waals surface area contributed by atoms with Gasteiger partial charge in [-0.1, -0.05) is 6.92 Å². The molecule has 0 rings (SSSR count). The molecule has 0 saturated carbocycles. The highest BCUT2D eigenvalue weighted by molar-refractivity contribution is 5.69. The van der Waals surface area contributed by atoms with Crippen molar-refractivity contribution in [1.82, 2.24) is 4.90 Å². The molecule has 0 atom stereocenters. The first-order valence-electron chi connectivity index (χ1n) is 7.46. The van der Waals surface area contributed by atoms with Gasteiger partial charge in [0.15, 0.2) is 0 Å². The summed E-state index contributed by atoms with van der Waals surface area (Å²) in [6.45, 7) is 4.58. The Morgan fingerprint density at radius 2 is 1.48 bits per heavy atom. The maximum absolute atomic E-state index is 11.8. The van der Waals surface area contributed by atoms with Gasteiger partial charge in [0.25, 0.3) is 0 Å². The van der Waals surface area contributed by atoms with E-state index in [2.05, 4.69) is 0 Å². The Morgan fingerprint density at radius 1 is 1.00 bits per heavy atom. The van der Waals surface area contributed by atoms with E-state index in [1.807, 2.05) is 6.92 Å². The molecule has 0 aromatic heterocycles. The van der Waals surface area contributed by atoms with Gasteiger partial charge in [-0.25, -0.2) is 0 Å². The average Bonchev–Trinajstić information content (AvgIpc) is 2.52. The third kappa shape index (κ3) is 9.85. The largest absolute Gasteiger partial charge is 0.465 e. The van der Waals surface area contributed by atoms with Crippen LogP contribution >= 0.6 is 0 Å². The minimum absolute atomic E-state index is 0.00403. The zero-order valence-corrected chi connectivity index (χ0v) is 14.3. The number of hydrogen-bond donors (Lipinski definition) is 1. The summed E-state index contributed by atoms with van der Waals surface area (Å²) in [7, 11) is 1.67. The van der Waals surface area contributed by atoms with Crippen LogP contribution in [0.25, 0.3) is 0 Å². The molecule has 23 heavy (non-hydrogen) atoms. The lowest BCUT2D eigenvalue weighted by molar-refractivity contribution is -0.160. The summed E-state index contributed by atoms with van der Waals surface area (Å²) in [4.78, 5) is 35.4. The van der Waals surface area contributed by atoms with Crippen molar-refractivity contribution < 1.29 is 33.7 Å². The van der Waals surface area contributed by atoms with Gasteiger partial charge in [0.1, 0.15) is 19.8 Å². The van der Waals surface area contributed by atoms with Gasteiger partial charge in [-0.3, -0.25) is 19.3 Å². The van der Waals surface area contributed by atoms with E-state index in [1.165, 1.54) is 13.8 Å². The first-order chi connectivity index (χ1) is 10.7. The van der Waals surface area contributed by atoms with Gasteiger partial charge in [-0.05, 0) is 13.5 Å². The van der Waals surface area contributed by atoms with E-state index in [-0.39, 0.29) is 33.0 Å². The smallest absolute Gasteiger partial charge is 0.307 e. The molecular formula is C15H27NO7. The van der Waals surface area contributed by atoms with Crippen LogP contribution in [0.15, 0.2) is 0 Å². The van der Waals surface area contributed by atoms with Crippen LogP contribution in [0, 0.1) is 5.41 Å².